The number of allylic oxidation sites excluding steroid dienone is 1. The highest BCUT2D eigenvalue weighted by Gasteiger charge is 2.49. The maximum absolute atomic E-state index is 11.2. The van der Waals surface area contributed by atoms with Crippen LogP contribution in [0.25, 0.3) is 0 Å². The molecule has 0 amide bonds. The van der Waals surface area contributed by atoms with Crippen molar-refractivity contribution >= 4 is 8.32 Å². The first-order chi connectivity index (χ1) is 11.6. The van der Waals surface area contributed by atoms with Crippen LogP contribution in [0.5, 0.6) is 0 Å². The van der Waals surface area contributed by atoms with Crippen molar-refractivity contribution in [1.29, 1.82) is 0 Å². The van der Waals surface area contributed by atoms with E-state index >= 15 is 0 Å². The van der Waals surface area contributed by atoms with Crippen LogP contribution in [0.1, 0.15) is 39.2 Å². The Balaban J connectivity index is 2.18. The molecule has 1 aromatic carbocycles. The summed E-state index contributed by atoms with van der Waals surface area (Å²) in [6.45, 7) is 15.9. The molecular formula is C22H34O2Si. The van der Waals surface area contributed by atoms with E-state index in [1.807, 2.05) is 12.1 Å². The van der Waals surface area contributed by atoms with Gasteiger partial charge in [-0.3, -0.25) is 0 Å². The molecule has 0 unspecified atom stereocenters. The summed E-state index contributed by atoms with van der Waals surface area (Å²) in [7, 11) is -1.79. The Morgan fingerprint density at radius 3 is 2.44 bits per heavy atom. The van der Waals surface area contributed by atoms with E-state index in [0.717, 1.165) is 19.3 Å². The Hall–Kier alpha value is -1.16. The predicted molar refractivity (Wildman–Crippen MR) is 109 cm³/mol. The van der Waals surface area contributed by atoms with Gasteiger partial charge < -0.3 is 9.53 Å². The van der Waals surface area contributed by atoms with Gasteiger partial charge in [0.15, 0.2) is 8.32 Å². The topological polar surface area (TPSA) is 29.5 Å². The summed E-state index contributed by atoms with van der Waals surface area (Å²) in [5.41, 5.74) is -0.00299. The Morgan fingerprint density at radius 1 is 1.24 bits per heavy atom. The zero-order valence-corrected chi connectivity index (χ0v) is 17.5. The van der Waals surface area contributed by atoms with Crippen LogP contribution >= 0.6 is 0 Å². The smallest absolute Gasteiger partial charge is 0.191 e. The molecule has 0 heterocycles. The SMILES string of the molecule is C=C[C@]1(O)C=CC[C@]1(CCO[Si](C)(C)C(C)(C)C)Cc1ccccc1. The molecule has 1 aliphatic rings. The average Bonchev–Trinajstić information content (AvgIpc) is 2.84. The molecule has 138 valence electrons. The van der Waals surface area contributed by atoms with E-state index in [9.17, 15) is 5.11 Å². The molecule has 3 heteroatoms. The first kappa shape index (κ1) is 20.2. The van der Waals surface area contributed by atoms with E-state index in [-0.39, 0.29) is 10.5 Å². The normalized spacial score (nSPS) is 26.8. The fourth-order valence-electron chi connectivity index (χ4n) is 3.40. The lowest BCUT2D eigenvalue weighted by atomic mass is 9.67. The molecule has 1 aliphatic carbocycles. The molecule has 25 heavy (non-hydrogen) atoms. The number of benzene rings is 1. The van der Waals surface area contributed by atoms with Crippen LogP contribution in [0, 0.1) is 5.41 Å². The van der Waals surface area contributed by atoms with E-state index in [0.29, 0.717) is 6.61 Å². The summed E-state index contributed by atoms with van der Waals surface area (Å²) in [4.78, 5) is 0. The van der Waals surface area contributed by atoms with Gasteiger partial charge in [0.1, 0.15) is 5.60 Å². The van der Waals surface area contributed by atoms with Crippen molar-refractivity contribution in [3.63, 3.8) is 0 Å². The van der Waals surface area contributed by atoms with Crippen molar-refractivity contribution in [3.05, 3.63) is 60.7 Å². The molecule has 2 nitrogen and oxygen atoms in total. The Labute approximate surface area is 154 Å². The van der Waals surface area contributed by atoms with Crippen molar-refractivity contribution < 1.29 is 9.53 Å². The van der Waals surface area contributed by atoms with E-state index in [4.69, 9.17) is 4.43 Å². The average molecular weight is 359 g/mol. The van der Waals surface area contributed by atoms with Crippen LogP contribution in [-0.4, -0.2) is 25.6 Å². The van der Waals surface area contributed by atoms with Gasteiger partial charge in [0.25, 0.3) is 0 Å². The van der Waals surface area contributed by atoms with Crippen LogP contribution in [0.15, 0.2) is 55.1 Å². The van der Waals surface area contributed by atoms with Gasteiger partial charge in [0, 0.05) is 12.0 Å². The zero-order valence-electron chi connectivity index (χ0n) is 16.5. The monoisotopic (exact) mass is 358 g/mol. The highest BCUT2D eigenvalue weighted by Crippen LogP contribution is 2.48. The molecule has 0 saturated carbocycles. The van der Waals surface area contributed by atoms with Crippen LogP contribution in [-0.2, 0) is 10.8 Å². The van der Waals surface area contributed by atoms with Crippen molar-refractivity contribution in [1.82, 2.24) is 0 Å². The fourth-order valence-corrected chi connectivity index (χ4v) is 4.44. The maximum Gasteiger partial charge on any atom is 0.191 e. The minimum Gasteiger partial charge on any atom is -0.417 e. The molecule has 0 saturated heterocycles. The molecule has 2 atom stereocenters. The van der Waals surface area contributed by atoms with Gasteiger partial charge in [-0.1, -0.05) is 75.9 Å². The standard InChI is InChI=1S/C22H34O2Si/c1-7-22(23)15-11-14-21(22,18-19-12-9-8-10-13-19)16-17-24-25(5,6)20(2,3)4/h7-13,15,23H,1,14,16-18H2,2-6H3/t21-,22-/m0/s1. The van der Waals surface area contributed by atoms with E-state index in [1.165, 1.54) is 5.56 Å². The summed E-state index contributed by atoms with van der Waals surface area (Å²) in [5, 5.41) is 11.4. The molecule has 0 fully saturated rings. The number of aliphatic hydroxyl groups is 1. The minimum absolute atomic E-state index is 0.197. The Morgan fingerprint density at radius 2 is 1.88 bits per heavy atom. The van der Waals surface area contributed by atoms with Gasteiger partial charge in [-0.2, -0.15) is 0 Å². The quantitative estimate of drug-likeness (QED) is 0.515. The van der Waals surface area contributed by atoms with Gasteiger partial charge in [0.2, 0.25) is 0 Å². The summed E-state index contributed by atoms with van der Waals surface area (Å²) in [5.74, 6) is 0. The van der Waals surface area contributed by atoms with Crippen LogP contribution in [0.4, 0.5) is 0 Å². The van der Waals surface area contributed by atoms with Crippen LogP contribution in [0.2, 0.25) is 18.1 Å². The van der Waals surface area contributed by atoms with Gasteiger partial charge >= 0.3 is 0 Å². The summed E-state index contributed by atoms with van der Waals surface area (Å²) in [6, 6.07) is 10.4. The second-order valence-electron chi connectivity index (χ2n) is 8.94. The largest absolute Gasteiger partial charge is 0.417 e. The van der Waals surface area contributed by atoms with Crippen molar-refractivity contribution in [2.45, 2.75) is 63.8 Å². The van der Waals surface area contributed by atoms with E-state index in [2.05, 4.69) is 70.8 Å². The van der Waals surface area contributed by atoms with Gasteiger partial charge in [-0.15, -0.1) is 0 Å². The molecular weight excluding hydrogens is 324 g/mol. The first-order valence-corrected chi connectivity index (χ1v) is 12.2. The second kappa shape index (κ2) is 7.22. The Bertz CT molecular complexity index is 615. The molecule has 1 aromatic rings. The lowest BCUT2D eigenvalue weighted by Gasteiger charge is -2.43. The lowest BCUT2D eigenvalue weighted by Crippen LogP contribution is -2.46. The predicted octanol–water partition coefficient (Wildman–Crippen LogP) is 5.50. The molecule has 0 aliphatic heterocycles. The molecule has 0 aromatic heterocycles. The summed E-state index contributed by atoms with van der Waals surface area (Å²) >= 11 is 0. The zero-order chi connectivity index (χ0) is 18.8. The molecule has 0 radical (unpaired) electrons. The third kappa shape index (κ3) is 4.16. The number of hydrogen-bond donors (Lipinski definition) is 1. The molecule has 1 N–H and O–H groups in total. The van der Waals surface area contributed by atoms with Crippen molar-refractivity contribution in [3.8, 4) is 0 Å². The molecule has 0 spiro atoms. The van der Waals surface area contributed by atoms with Crippen molar-refractivity contribution in [2.24, 2.45) is 5.41 Å². The van der Waals surface area contributed by atoms with Crippen molar-refractivity contribution in [2.75, 3.05) is 6.61 Å². The number of hydrogen-bond acceptors (Lipinski definition) is 2. The highest BCUT2D eigenvalue weighted by molar-refractivity contribution is 6.74. The number of rotatable bonds is 7. The van der Waals surface area contributed by atoms with Gasteiger partial charge in [0.05, 0.1) is 0 Å². The van der Waals surface area contributed by atoms with Gasteiger partial charge in [-0.05, 0) is 43.0 Å². The summed E-state index contributed by atoms with van der Waals surface area (Å²) < 4.78 is 6.42. The van der Waals surface area contributed by atoms with E-state index in [1.54, 1.807) is 6.08 Å². The van der Waals surface area contributed by atoms with Gasteiger partial charge in [-0.25, -0.2) is 0 Å². The minimum atomic E-state index is -1.79. The third-order valence-corrected chi connectivity index (χ3v) is 10.8. The first-order valence-electron chi connectivity index (χ1n) is 9.27. The summed E-state index contributed by atoms with van der Waals surface area (Å²) in [6.07, 6.45) is 8.21. The lowest BCUT2D eigenvalue weighted by molar-refractivity contribution is -0.00792. The van der Waals surface area contributed by atoms with E-state index < -0.39 is 13.9 Å². The maximum atomic E-state index is 11.2. The molecule has 0 bridgehead atoms. The third-order valence-electron chi connectivity index (χ3n) is 6.28. The fraction of sp³-hybridized carbons (Fsp3) is 0.545. The van der Waals surface area contributed by atoms with Crippen LogP contribution in [0.3, 0.4) is 0 Å². The molecule has 2 rings (SSSR count). The second-order valence-corrected chi connectivity index (χ2v) is 13.7. The van der Waals surface area contributed by atoms with Crippen LogP contribution < -0.4 is 0 Å². The Kier molecular flexibility index (Phi) is 5.82. The highest BCUT2D eigenvalue weighted by atomic mass is 28.4.